The van der Waals surface area contributed by atoms with Gasteiger partial charge in [-0.25, -0.2) is 4.98 Å². The van der Waals surface area contributed by atoms with Crippen molar-refractivity contribution < 1.29 is 19.4 Å². The van der Waals surface area contributed by atoms with E-state index in [9.17, 15) is 20.0 Å². The first-order valence-corrected chi connectivity index (χ1v) is 13.2. The number of pyridine rings is 1. The zero-order chi connectivity index (χ0) is 28.6. The number of hydrogen-bond acceptors (Lipinski definition) is 6. The molecule has 1 atom stereocenters. The van der Waals surface area contributed by atoms with Crippen LogP contribution in [-0.4, -0.2) is 45.1 Å². The summed E-state index contributed by atoms with van der Waals surface area (Å²) in [5, 5.41) is 22.1. The van der Waals surface area contributed by atoms with Gasteiger partial charge < -0.3 is 25.3 Å². The number of carbonyl (C=O) groups is 2. The number of aryl methyl sites for hydroxylation is 1. The second-order valence-corrected chi connectivity index (χ2v) is 9.93. The quantitative estimate of drug-likeness (QED) is 0.236. The van der Waals surface area contributed by atoms with Crippen LogP contribution in [0.2, 0.25) is 0 Å². The van der Waals surface area contributed by atoms with Gasteiger partial charge in [0.15, 0.2) is 0 Å². The highest BCUT2D eigenvalue weighted by atomic mass is 16.5. The average Bonchev–Trinajstić information content (AvgIpc) is 3.37. The van der Waals surface area contributed by atoms with Gasteiger partial charge in [-0.1, -0.05) is 37.8 Å². The average molecular weight is 556 g/mol. The minimum absolute atomic E-state index is 0. The van der Waals surface area contributed by atoms with Gasteiger partial charge in [0, 0.05) is 42.6 Å². The van der Waals surface area contributed by atoms with Crippen LogP contribution in [0.4, 0.5) is 0 Å². The fourth-order valence-corrected chi connectivity index (χ4v) is 4.52. The number of rotatable bonds is 12. The first-order chi connectivity index (χ1) is 19.3. The summed E-state index contributed by atoms with van der Waals surface area (Å²) in [4.78, 5) is 29.0. The molecule has 2 aromatic carbocycles. The zero-order valence-electron chi connectivity index (χ0n) is 22.6. The van der Waals surface area contributed by atoms with Crippen molar-refractivity contribution >= 4 is 17.5 Å². The molecule has 0 aliphatic rings. The topological polar surface area (TPSA) is 143 Å². The van der Waals surface area contributed by atoms with Crippen molar-refractivity contribution in [3.63, 3.8) is 0 Å². The second kappa shape index (κ2) is 14.1. The highest BCUT2D eigenvalue weighted by Crippen LogP contribution is 2.23. The molecule has 9 heteroatoms. The molecule has 0 bridgehead atoms. The number of nitrogens with two attached hydrogens (primary N) is 1. The third-order valence-electron chi connectivity index (χ3n) is 6.47. The molecule has 0 aliphatic carbocycles. The third kappa shape index (κ3) is 7.93. The van der Waals surface area contributed by atoms with E-state index in [4.69, 9.17) is 15.5 Å². The number of benzene rings is 2. The second-order valence-electron chi connectivity index (χ2n) is 9.93. The van der Waals surface area contributed by atoms with E-state index in [-0.39, 0.29) is 44.4 Å². The number of hydrogen-bond donors (Lipinski definition) is 3. The van der Waals surface area contributed by atoms with Crippen molar-refractivity contribution in [2.24, 2.45) is 5.73 Å². The maximum atomic E-state index is 13.0. The maximum absolute atomic E-state index is 13.0. The molecule has 4 aromatic rings. The van der Waals surface area contributed by atoms with E-state index in [1.165, 1.54) is 6.07 Å². The predicted molar refractivity (Wildman–Crippen MR) is 158 cm³/mol. The number of amides is 2. The van der Waals surface area contributed by atoms with Crippen molar-refractivity contribution in [3.8, 4) is 23.1 Å². The van der Waals surface area contributed by atoms with Gasteiger partial charge in [-0.15, -0.1) is 0 Å². The Morgan fingerprint density at radius 3 is 2.59 bits per heavy atom. The van der Waals surface area contributed by atoms with E-state index in [1.54, 1.807) is 12.1 Å². The Hall–Kier alpha value is -4.68. The molecular weight excluding hydrogens is 518 g/mol. The molecule has 0 saturated carbocycles. The molecule has 0 fully saturated rings. The molecule has 0 spiro atoms. The normalized spacial score (nSPS) is 11.5. The van der Waals surface area contributed by atoms with E-state index in [2.05, 4.69) is 11.4 Å². The van der Waals surface area contributed by atoms with Crippen LogP contribution >= 0.6 is 0 Å². The molecule has 0 saturated heterocycles. The Balaban J connectivity index is 0.00000462. The lowest BCUT2D eigenvalue weighted by Crippen LogP contribution is -2.37. The number of aliphatic hydroxyl groups is 1. The van der Waals surface area contributed by atoms with Crippen LogP contribution in [0.15, 0.2) is 67.0 Å². The summed E-state index contributed by atoms with van der Waals surface area (Å²) >= 11 is 0. The minimum Gasteiger partial charge on any atom is -0.490 e. The molecule has 4 N–H and O–H groups in total. The third-order valence-corrected chi connectivity index (χ3v) is 6.47. The summed E-state index contributed by atoms with van der Waals surface area (Å²) in [7, 11) is 0. The standard InChI is InChI=1S/C31H33N5O4.CH4/c1-20(2)40-28-11-9-24(17-25(28)18-32)31(39)34-26(13-15-37)16-21-5-7-22(8-6-21)27-19-36-14-3-4-23(30(36)35-27)10-12-29(33)38;/h3-9,11,14,17,19-20,26,37H,10,12-13,15-16H2,1-2H3,(H2,33,38)(H,34,39);1H4/t26-;/m1./s1. The molecule has 9 nitrogen and oxygen atoms in total. The Morgan fingerprint density at radius 2 is 1.93 bits per heavy atom. The predicted octanol–water partition coefficient (Wildman–Crippen LogP) is 4.44. The monoisotopic (exact) mass is 555 g/mol. The molecule has 2 amide bonds. The lowest BCUT2D eigenvalue weighted by Gasteiger charge is -2.19. The van der Waals surface area contributed by atoms with Gasteiger partial charge in [0.05, 0.1) is 17.4 Å². The van der Waals surface area contributed by atoms with Gasteiger partial charge in [-0.05, 0) is 68.5 Å². The molecule has 4 rings (SSSR count). The van der Waals surface area contributed by atoms with E-state index in [0.717, 1.165) is 28.0 Å². The smallest absolute Gasteiger partial charge is 0.251 e. The van der Waals surface area contributed by atoms with Crippen LogP contribution in [0, 0.1) is 11.3 Å². The number of imidazole rings is 1. The zero-order valence-corrected chi connectivity index (χ0v) is 22.6. The molecule has 214 valence electrons. The highest BCUT2D eigenvalue weighted by Gasteiger charge is 2.17. The van der Waals surface area contributed by atoms with Gasteiger partial charge in [-0.3, -0.25) is 9.59 Å². The Bertz CT molecular complexity index is 1540. The number of aromatic nitrogens is 2. The van der Waals surface area contributed by atoms with E-state index >= 15 is 0 Å². The number of nitrogens with one attached hydrogen (secondary N) is 1. The molecular formula is C32H37N5O4. The Kier molecular flexibility index (Phi) is 10.6. The number of carbonyl (C=O) groups excluding carboxylic acids is 2. The van der Waals surface area contributed by atoms with Crippen molar-refractivity contribution in [2.45, 2.75) is 59.1 Å². The lowest BCUT2D eigenvalue weighted by atomic mass is 10.0. The summed E-state index contributed by atoms with van der Waals surface area (Å²) in [6, 6.07) is 18.4. The summed E-state index contributed by atoms with van der Waals surface area (Å²) in [5.74, 6) is -0.228. The van der Waals surface area contributed by atoms with Crippen LogP contribution in [0.3, 0.4) is 0 Å². The molecule has 0 aliphatic heterocycles. The summed E-state index contributed by atoms with van der Waals surface area (Å²) in [6.07, 6.45) is 5.47. The van der Waals surface area contributed by atoms with Crippen LogP contribution in [-0.2, 0) is 17.6 Å². The van der Waals surface area contributed by atoms with Crippen LogP contribution in [0.5, 0.6) is 5.75 Å². The van der Waals surface area contributed by atoms with Crippen LogP contribution in [0.25, 0.3) is 16.9 Å². The van der Waals surface area contributed by atoms with Gasteiger partial charge in [0.2, 0.25) is 5.91 Å². The van der Waals surface area contributed by atoms with E-state index in [1.807, 2.05) is 67.0 Å². The number of primary amides is 1. The van der Waals surface area contributed by atoms with Crippen LogP contribution < -0.4 is 15.8 Å². The van der Waals surface area contributed by atoms with Crippen molar-refractivity contribution in [1.29, 1.82) is 5.26 Å². The lowest BCUT2D eigenvalue weighted by molar-refractivity contribution is -0.117. The molecule has 41 heavy (non-hydrogen) atoms. The van der Waals surface area contributed by atoms with Crippen molar-refractivity contribution in [1.82, 2.24) is 14.7 Å². The summed E-state index contributed by atoms with van der Waals surface area (Å²) in [6.45, 7) is 3.67. The number of nitriles is 1. The highest BCUT2D eigenvalue weighted by molar-refractivity contribution is 5.95. The van der Waals surface area contributed by atoms with Gasteiger partial charge in [0.1, 0.15) is 17.5 Å². The van der Waals surface area contributed by atoms with Gasteiger partial charge in [-0.2, -0.15) is 5.26 Å². The fourth-order valence-electron chi connectivity index (χ4n) is 4.52. The number of ether oxygens (including phenoxy) is 1. The van der Waals surface area contributed by atoms with Crippen molar-refractivity contribution in [3.05, 3.63) is 89.2 Å². The van der Waals surface area contributed by atoms with Crippen molar-refractivity contribution in [2.75, 3.05) is 6.61 Å². The maximum Gasteiger partial charge on any atom is 0.251 e. The van der Waals surface area contributed by atoms with Crippen LogP contribution in [0.1, 0.15) is 61.2 Å². The first kappa shape index (κ1) is 30.9. The number of nitrogens with zero attached hydrogens (tertiary/aromatic N) is 3. The van der Waals surface area contributed by atoms with Gasteiger partial charge in [0.25, 0.3) is 5.91 Å². The molecule has 0 radical (unpaired) electrons. The summed E-state index contributed by atoms with van der Waals surface area (Å²) < 4.78 is 7.58. The Labute approximate surface area is 240 Å². The molecule has 0 unspecified atom stereocenters. The first-order valence-electron chi connectivity index (χ1n) is 13.2. The minimum atomic E-state index is -0.346. The molecule has 2 heterocycles. The SMILES string of the molecule is C.CC(C)Oc1ccc(C(=O)N[C@H](CCO)Cc2ccc(-c3cn4cccc(CCC(N)=O)c4n3)cc2)cc1C#N. The van der Waals surface area contributed by atoms with E-state index < -0.39 is 0 Å². The number of fused-ring (bicyclic) bond motifs is 1. The Morgan fingerprint density at radius 1 is 1.17 bits per heavy atom. The summed E-state index contributed by atoms with van der Waals surface area (Å²) in [5.41, 5.74) is 10.4. The molecule has 2 aromatic heterocycles. The fraction of sp³-hybridized carbons (Fsp3) is 0.312. The van der Waals surface area contributed by atoms with Gasteiger partial charge >= 0.3 is 0 Å². The van der Waals surface area contributed by atoms with E-state index in [0.29, 0.717) is 36.1 Å². The largest absolute Gasteiger partial charge is 0.490 e. The number of aliphatic hydroxyl groups excluding tert-OH is 1.